The number of alkyl halides is 3. The Morgan fingerprint density at radius 2 is 1.95 bits per heavy atom. The predicted octanol–water partition coefficient (Wildman–Crippen LogP) is 3.17. The lowest BCUT2D eigenvalue weighted by Crippen LogP contribution is -2.49. The fourth-order valence-electron chi connectivity index (χ4n) is 3.91. The third kappa shape index (κ3) is 9.42. The number of rotatable bonds is 8. The van der Waals surface area contributed by atoms with Crippen LogP contribution in [0.25, 0.3) is 0 Å². The highest BCUT2D eigenvalue weighted by Gasteiger charge is 2.32. The summed E-state index contributed by atoms with van der Waals surface area (Å²) in [7, 11) is 1.64. The van der Waals surface area contributed by atoms with E-state index in [1.807, 2.05) is 20.8 Å². The first kappa shape index (κ1) is 30.2. The van der Waals surface area contributed by atoms with Crippen LogP contribution < -0.4 is 15.4 Å². The van der Waals surface area contributed by atoms with Crippen LogP contribution in [0.15, 0.2) is 18.2 Å². The van der Waals surface area contributed by atoms with Gasteiger partial charge in [-0.05, 0) is 39.0 Å². The molecule has 1 aromatic carbocycles. The van der Waals surface area contributed by atoms with E-state index >= 15 is 0 Å². The van der Waals surface area contributed by atoms with Gasteiger partial charge in [-0.3, -0.25) is 9.59 Å². The molecule has 0 radical (unpaired) electrons. The number of fused-ring (bicyclic) bond motifs is 1. The largest absolute Gasteiger partial charge is 0.488 e. The van der Waals surface area contributed by atoms with Crippen molar-refractivity contribution in [3.63, 3.8) is 0 Å². The highest BCUT2D eigenvalue weighted by Crippen LogP contribution is 2.29. The number of hydrogen-bond donors (Lipinski definition) is 3. The lowest BCUT2D eigenvalue weighted by Gasteiger charge is -2.34. The van der Waals surface area contributed by atoms with E-state index in [4.69, 9.17) is 4.74 Å². The molecule has 12 heteroatoms. The topological polar surface area (TPSA) is 111 Å². The first-order valence-corrected chi connectivity index (χ1v) is 12.3. The molecular weight excluding hydrogens is 493 g/mol. The molecule has 1 aliphatic rings. The Hall–Kier alpha value is -3.02. The Kier molecular flexibility index (Phi) is 10.6. The smallest absolute Gasteiger partial charge is 0.389 e. The molecule has 0 saturated heterocycles. The van der Waals surface area contributed by atoms with Gasteiger partial charge in [-0.2, -0.15) is 13.2 Å². The van der Waals surface area contributed by atoms with Crippen molar-refractivity contribution in [2.24, 2.45) is 5.92 Å². The number of nitrogens with zero attached hydrogens (tertiary/aromatic N) is 2. The van der Waals surface area contributed by atoms with Crippen LogP contribution in [0.5, 0.6) is 5.75 Å². The number of anilines is 1. The van der Waals surface area contributed by atoms with Gasteiger partial charge in [0, 0.05) is 43.2 Å². The summed E-state index contributed by atoms with van der Waals surface area (Å²) < 4.78 is 43.7. The number of amides is 4. The summed E-state index contributed by atoms with van der Waals surface area (Å²) in [6, 6.07) is 3.75. The lowest BCUT2D eigenvalue weighted by molar-refractivity contribution is -0.142. The molecule has 0 saturated carbocycles. The number of hydrogen-bond acceptors (Lipinski definition) is 5. The van der Waals surface area contributed by atoms with Crippen LogP contribution >= 0.6 is 0 Å². The summed E-state index contributed by atoms with van der Waals surface area (Å²) >= 11 is 0. The average Bonchev–Trinajstić information content (AvgIpc) is 2.84. The standard InChI is InChI=1S/C25H37F3N4O5/c1-15(2)29-24(36)31(5)13-21-16(3)12-32(17(4)14-33)23(35)11-18-10-19(6-7-20(18)37-21)30-22(34)8-9-25(26,27)28/h6-7,10,15-17,21,33H,8-9,11-14H2,1-5H3,(H,29,36)(H,30,34)/t16-,17-,21-/m0/s1. The Bertz CT molecular complexity index is 957. The van der Waals surface area contributed by atoms with Gasteiger partial charge >= 0.3 is 12.2 Å². The molecule has 4 amide bonds. The van der Waals surface area contributed by atoms with E-state index in [0.29, 0.717) is 11.3 Å². The Balaban J connectivity index is 2.34. The molecule has 1 aromatic rings. The number of aliphatic hydroxyl groups excluding tert-OH is 1. The van der Waals surface area contributed by atoms with Crippen LogP contribution in [-0.4, -0.2) is 83.9 Å². The van der Waals surface area contributed by atoms with Gasteiger partial charge < -0.3 is 30.3 Å². The SMILES string of the molecule is CC(C)NC(=O)N(C)C[C@@H]1Oc2ccc(NC(=O)CCC(F)(F)F)cc2CC(=O)N([C@@H](C)CO)C[C@@H]1C. The molecule has 0 aromatic heterocycles. The van der Waals surface area contributed by atoms with Gasteiger partial charge in [0.15, 0.2) is 0 Å². The quantitative estimate of drug-likeness (QED) is 0.478. The molecule has 0 aliphatic carbocycles. The molecule has 3 atom stereocenters. The minimum atomic E-state index is -4.44. The molecule has 2 rings (SSSR count). The molecule has 0 fully saturated rings. The van der Waals surface area contributed by atoms with Gasteiger partial charge in [0.05, 0.1) is 32.0 Å². The normalized spacial score (nSPS) is 19.2. The number of likely N-dealkylation sites (N-methyl/N-ethyl adjacent to an activating group) is 1. The van der Waals surface area contributed by atoms with Crippen molar-refractivity contribution in [3.8, 4) is 5.75 Å². The predicted molar refractivity (Wildman–Crippen MR) is 132 cm³/mol. The minimum Gasteiger partial charge on any atom is -0.488 e. The van der Waals surface area contributed by atoms with E-state index in [0.717, 1.165) is 0 Å². The van der Waals surface area contributed by atoms with E-state index in [1.54, 1.807) is 24.9 Å². The van der Waals surface area contributed by atoms with Crippen LogP contribution in [0.4, 0.5) is 23.7 Å². The summed E-state index contributed by atoms with van der Waals surface area (Å²) in [5, 5.41) is 15.0. The van der Waals surface area contributed by atoms with Crippen LogP contribution in [-0.2, 0) is 16.0 Å². The first-order chi connectivity index (χ1) is 17.2. The summed E-state index contributed by atoms with van der Waals surface area (Å²) in [4.78, 5) is 40.8. The number of carbonyl (C=O) groups is 3. The zero-order valence-electron chi connectivity index (χ0n) is 21.9. The molecular formula is C25H37F3N4O5. The molecule has 0 unspecified atom stereocenters. The van der Waals surface area contributed by atoms with Crippen molar-refractivity contribution in [1.29, 1.82) is 0 Å². The van der Waals surface area contributed by atoms with Crippen LogP contribution in [0.2, 0.25) is 0 Å². The highest BCUT2D eigenvalue weighted by atomic mass is 19.4. The Morgan fingerprint density at radius 1 is 1.27 bits per heavy atom. The molecule has 208 valence electrons. The number of benzene rings is 1. The van der Waals surface area contributed by atoms with Gasteiger partial charge in [0.1, 0.15) is 11.9 Å². The Labute approximate surface area is 215 Å². The lowest BCUT2D eigenvalue weighted by atomic mass is 10.0. The van der Waals surface area contributed by atoms with Crippen molar-refractivity contribution in [2.45, 2.75) is 71.3 Å². The zero-order chi connectivity index (χ0) is 27.9. The average molecular weight is 531 g/mol. The first-order valence-electron chi connectivity index (χ1n) is 12.3. The second kappa shape index (κ2) is 13.0. The maximum atomic E-state index is 13.2. The van der Waals surface area contributed by atoms with E-state index in [2.05, 4.69) is 10.6 Å². The van der Waals surface area contributed by atoms with Crippen molar-refractivity contribution in [3.05, 3.63) is 23.8 Å². The monoisotopic (exact) mass is 530 g/mol. The van der Waals surface area contributed by atoms with E-state index in [9.17, 15) is 32.7 Å². The summed E-state index contributed by atoms with van der Waals surface area (Å²) in [5.74, 6) is -0.924. The van der Waals surface area contributed by atoms with Crippen LogP contribution in [0, 0.1) is 5.92 Å². The summed E-state index contributed by atoms with van der Waals surface area (Å²) in [6.45, 7) is 7.55. The Morgan fingerprint density at radius 3 is 2.54 bits per heavy atom. The fraction of sp³-hybridized carbons (Fsp3) is 0.640. The zero-order valence-corrected chi connectivity index (χ0v) is 21.9. The third-order valence-corrected chi connectivity index (χ3v) is 6.05. The maximum Gasteiger partial charge on any atom is 0.389 e. The second-order valence-electron chi connectivity index (χ2n) is 9.86. The van der Waals surface area contributed by atoms with Crippen molar-refractivity contribution in [1.82, 2.24) is 15.1 Å². The number of urea groups is 1. The van der Waals surface area contributed by atoms with Crippen molar-refractivity contribution in [2.75, 3.05) is 32.1 Å². The second-order valence-corrected chi connectivity index (χ2v) is 9.86. The van der Waals surface area contributed by atoms with Gasteiger partial charge in [0.2, 0.25) is 11.8 Å². The van der Waals surface area contributed by atoms with E-state index in [-0.39, 0.29) is 55.7 Å². The molecule has 3 N–H and O–H groups in total. The van der Waals surface area contributed by atoms with Crippen molar-refractivity contribution < 1.29 is 37.4 Å². The molecule has 0 spiro atoms. The minimum absolute atomic E-state index is 0.0576. The van der Waals surface area contributed by atoms with Gasteiger partial charge in [-0.1, -0.05) is 6.92 Å². The van der Waals surface area contributed by atoms with E-state index < -0.39 is 37.1 Å². The van der Waals surface area contributed by atoms with Crippen molar-refractivity contribution >= 4 is 23.5 Å². The highest BCUT2D eigenvalue weighted by molar-refractivity contribution is 5.91. The summed E-state index contributed by atoms with van der Waals surface area (Å²) in [6.07, 6.45) is -7.03. The summed E-state index contributed by atoms with van der Waals surface area (Å²) in [5.41, 5.74) is 0.670. The van der Waals surface area contributed by atoms with Gasteiger partial charge in [-0.25, -0.2) is 4.79 Å². The molecule has 9 nitrogen and oxygen atoms in total. The number of aliphatic hydroxyl groups is 1. The number of carbonyl (C=O) groups excluding carboxylic acids is 3. The van der Waals surface area contributed by atoms with E-state index in [1.165, 1.54) is 17.0 Å². The van der Waals surface area contributed by atoms with Crippen LogP contribution in [0.1, 0.15) is 46.1 Å². The molecule has 0 bridgehead atoms. The number of ether oxygens (including phenoxy) is 1. The molecule has 1 aliphatic heterocycles. The number of halogens is 3. The third-order valence-electron chi connectivity index (χ3n) is 6.05. The fourth-order valence-corrected chi connectivity index (χ4v) is 3.91. The van der Waals surface area contributed by atoms with Gasteiger partial charge in [-0.15, -0.1) is 0 Å². The molecule has 1 heterocycles. The van der Waals surface area contributed by atoms with Crippen LogP contribution in [0.3, 0.4) is 0 Å². The molecule has 37 heavy (non-hydrogen) atoms. The van der Waals surface area contributed by atoms with Gasteiger partial charge in [0.25, 0.3) is 0 Å². The number of nitrogens with one attached hydrogen (secondary N) is 2. The maximum absolute atomic E-state index is 13.2.